The summed E-state index contributed by atoms with van der Waals surface area (Å²) in [5, 5.41) is 2.97. The molecule has 2 rings (SSSR count). The van der Waals surface area contributed by atoms with Gasteiger partial charge in [0.15, 0.2) is 0 Å². The van der Waals surface area contributed by atoms with Gasteiger partial charge in [-0.2, -0.15) is 0 Å². The Hall–Kier alpha value is -1.93. The fourth-order valence-corrected chi connectivity index (χ4v) is 3.18. The van der Waals surface area contributed by atoms with E-state index in [0.717, 1.165) is 5.56 Å². The molecule has 7 heteroatoms. The first-order chi connectivity index (χ1) is 13.9. The maximum Gasteiger partial charge on any atom is 0.408 e. The number of carbonyl (C=O) groups is 1. The maximum absolute atomic E-state index is 12.5. The van der Waals surface area contributed by atoms with Gasteiger partial charge in [-0.05, 0) is 47.1 Å². The fourth-order valence-electron chi connectivity index (χ4n) is 3.18. The minimum Gasteiger partial charge on any atom is -0.444 e. The quantitative estimate of drug-likeness (QED) is 0.697. The smallest absolute Gasteiger partial charge is 0.408 e. The molecule has 1 N–H and O–H groups in total. The SMILES string of the molecule is CO[C@]1(C)OC[C@@H](/C=C/[C@](C)(NC(=O)OC(C)(C)C)c2ccccc2)O[C@@]1(C)OC. The van der Waals surface area contributed by atoms with Crippen molar-refractivity contribution in [1.82, 2.24) is 5.32 Å². The van der Waals surface area contributed by atoms with Crippen molar-refractivity contribution in [2.24, 2.45) is 0 Å². The van der Waals surface area contributed by atoms with Crippen LogP contribution >= 0.6 is 0 Å². The zero-order valence-corrected chi connectivity index (χ0v) is 19.3. The number of benzene rings is 1. The topological polar surface area (TPSA) is 75.3 Å². The lowest BCUT2D eigenvalue weighted by Crippen LogP contribution is -2.62. The van der Waals surface area contributed by atoms with Gasteiger partial charge in [0.1, 0.15) is 11.7 Å². The Morgan fingerprint density at radius 2 is 1.70 bits per heavy atom. The van der Waals surface area contributed by atoms with Gasteiger partial charge in [-0.3, -0.25) is 0 Å². The third-order valence-corrected chi connectivity index (χ3v) is 5.28. The van der Waals surface area contributed by atoms with Gasteiger partial charge < -0.3 is 29.0 Å². The Labute approximate surface area is 179 Å². The van der Waals surface area contributed by atoms with Crippen molar-refractivity contribution >= 4 is 6.09 Å². The zero-order valence-electron chi connectivity index (χ0n) is 19.3. The molecule has 0 radical (unpaired) electrons. The Morgan fingerprint density at radius 3 is 2.23 bits per heavy atom. The summed E-state index contributed by atoms with van der Waals surface area (Å²) in [6, 6.07) is 9.66. The minimum atomic E-state index is -1.10. The summed E-state index contributed by atoms with van der Waals surface area (Å²) < 4.78 is 28.6. The van der Waals surface area contributed by atoms with Crippen molar-refractivity contribution in [1.29, 1.82) is 0 Å². The number of rotatable bonds is 6. The molecule has 0 unspecified atom stereocenters. The van der Waals surface area contributed by atoms with Crippen LogP contribution in [0.1, 0.15) is 47.1 Å². The third-order valence-electron chi connectivity index (χ3n) is 5.28. The summed E-state index contributed by atoms with van der Waals surface area (Å²) in [6.45, 7) is 11.2. The number of hydrogen-bond acceptors (Lipinski definition) is 6. The number of carbonyl (C=O) groups excluding carboxylic acids is 1. The van der Waals surface area contributed by atoms with Crippen LogP contribution in [0.4, 0.5) is 4.79 Å². The van der Waals surface area contributed by atoms with Crippen molar-refractivity contribution in [3.63, 3.8) is 0 Å². The first-order valence-electron chi connectivity index (χ1n) is 10.0. The van der Waals surface area contributed by atoms with Crippen molar-refractivity contribution in [2.75, 3.05) is 20.8 Å². The highest BCUT2D eigenvalue weighted by Gasteiger charge is 2.53. The summed E-state index contributed by atoms with van der Waals surface area (Å²) in [5.41, 5.74) is -0.519. The van der Waals surface area contributed by atoms with E-state index in [2.05, 4.69) is 5.32 Å². The van der Waals surface area contributed by atoms with Gasteiger partial charge in [-0.1, -0.05) is 42.5 Å². The van der Waals surface area contributed by atoms with E-state index >= 15 is 0 Å². The Kier molecular flexibility index (Phi) is 7.35. The summed E-state index contributed by atoms with van der Waals surface area (Å²) >= 11 is 0. The molecule has 1 aromatic rings. The monoisotopic (exact) mass is 421 g/mol. The second-order valence-electron chi connectivity index (χ2n) is 8.82. The van der Waals surface area contributed by atoms with E-state index in [0.29, 0.717) is 0 Å². The van der Waals surface area contributed by atoms with E-state index in [1.165, 1.54) is 0 Å². The standard InChI is InChI=1S/C23H35NO6/c1-20(2,3)30-19(25)24-21(4,17-12-10-9-11-13-17)15-14-18-16-28-22(5,26-7)23(6,27-8)29-18/h9-15,18H,16H2,1-8H3,(H,24,25)/b15-14+/t18-,21+,22-,23-/m1/s1. The molecule has 0 aliphatic carbocycles. The van der Waals surface area contributed by atoms with Gasteiger partial charge >= 0.3 is 6.09 Å². The Balaban J connectivity index is 2.26. The highest BCUT2D eigenvalue weighted by molar-refractivity contribution is 5.69. The molecule has 168 valence electrons. The fraction of sp³-hybridized carbons (Fsp3) is 0.609. The summed E-state index contributed by atoms with van der Waals surface area (Å²) in [4.78, 5) is 12.5. The van der Waals surface area contributed by atoms with Gasteiger partial charge in [0, 0.05) is 14.2 Å². The van der Waals surface area contributed by atoms with Gasteiger partial charge in [-0.25, -0.2) is 4.79 Å². The second kappa shape index (κ2) is 9.06. The van der Waals surface area contributed by atoms with Crippen LogP contribution in [0, 0.1) is 0 Å². The third kappa shape index (κ3) is 5.60. The Bertz CT molecular complexity index is 746. The molecule has 4 atom stereocenters. The average Bonchev–Trinajstić information content (AvgIpc) is 2.68. The molecule has 1 heterocycles. The van der Waals surface area contributed by atoms with E-state index < -0.39 is 34.9 Å². The number of nitrogens with one attached hydrogen (secondary N) is 1. The highest BCUT2D eigenvalue weighted by atomic mass is 16.8. The van der Waals surface area contributed by atoms with Crippen molar-refractivity contribution in [3.05, 3.63) is 48.0 Å². The van der Waals surface area contributed by atoms with Gasteiger partial charge in [0.2, 0.25) is 11.6 Å². The molecule has 1 saturated heterocycles. The summed E-state index contributed by atoms with van der Waals surface area (Å²) in [7, 11) is 3.10. The van der Waals surface area contributed by atoms with Crippen LogP contribution in [0.15, 0.2) is 42.5 Å². The van der Waals surface area contributed by atoms with Crippen LogP contribution in [0.5, 0.6) is 0 Å². The molecular formula is C23H35NO6. The van der Waals surface area contributed by atoms with E-state index in [1.54, 1.807) is 28.1 Å². The number of amides is 1. The van der Waals surface area contributed by atoms with Crippen LogP contribution in [0.3, 0.4) is 0 Å². The molecule has 0 saturated carbocycles. The number of hydrogen-bond donors (Lipinski definition) is 1. The normalized spacial score (nSPS) is 29.4. The molecule has 1 amide bonds. The molecule has 1 aliphatic heterocycles. The predicted octanol–water partition coefficient (Wildman–Crippen LogP) is 4.12. The lowest BCUT2D eigenvalue weighted by atomic mass is 9.91. The second-order valence-corrected chi connectivity index (χ2v) is 8.82. The largest absolute Gasteiger partial charge is 0.444 e. The van der Waals surface area contributed by atoms with E-state index in [-0.39, 0.29) is 6.61 Å². The maximum atomic E-state index is 12.5. The Morgan fingerprint density at radius 1 is 1.10 bits per heavy atom. The van der Waals surface area contributed by atoms with Crippen LogP contribution < -0.4 is 5.32 Å². The summed E-state index contributed by atoms with van der Waals surface area (Å²) in [5.74, 6) is -2.14. The lowest BCUT2D eigenvalue weighted by molar-refractivity contribution is -0.425. The van der Waals surface area contributed by atoms with Crippen molar-refractivity contribution in [2.45, 2.75) is 70.4 Å². The van der Waals surface area contributed by atoms with E-state index in [4.69, 9.17) is 23.7 Å². The van der Waals surface area contributed by atoms with Crippen LogP contribution in [-0.2, 0) is 29.2 Å². The molecule has 1 fully saturated rings. The molecule has 7 nitrogen and oxygen atoms in total. The molecule has 1 aromatic carbocycles. The average molecular weight is 422 g/mol. The van der Waals surface area contributed by atoms with Crippen LogP contribution in [0.2, 0.25) is 0 Å². The van der Waals surface area contributed by atoms with Gasteiger partial charge in [0.25, 0.3) is 0 Å². The lowest BCUT2D eigenvalue weighted by Gasteiger charge is -2.48. The molecule has 0 bridgehead atoms. The predicted molar refractivity (Wildman–Crippen MR) is 114 cm³/mol. The molecule has 30 heavy (non-hydrogen) atoms. The van der Waals surface area contributed by atoms with Crippen LogP contribution in [0.25, 0.3) is 0 Å². The summed E-state index contributed by atoms with van der Waals surface area (Å²) in [6.07, 6.45) is 2.83. The van der Waals surface area contributed by atoms with Gasteiger partial charge in [0.05, 0.1) is 12.1 Å². The first kappa shape index (κ1) is 24.3. The van der Waals surface area contributed by atoms with E-state index in [1.807, 2.05) is 70.2 Å². The highest BCUT2D eigenvalue weighted by Crippen LogP contribution is 2.37. The molecular weight excluding hydrogens is 386 g/mol. The number of alkyl carbamates (subject to hydrolysis) is 1. The van der Waals surface area contributed by atoms with Crippen molar-refractivity contribution < 1.29 is 28.5 Å². The van der Waals surface area contributed by atoms with E-state index in [9.17, 15) is 4.79 Å². The van der Waals surface area contributed by atoms with Crippen molar-refractivity contribution in [3.8, 4) is 0 Å². The number of methoxy groups -OCH3 is 2. The van der Waals surface area contributed by atoms with Gasteiger partial charge in [-0.15, -0.1) is 0 Å². The van der Waals surface area contributed by atoms with Crippen LogP contribution in [-0.4, -0.2) is 50.2 Å². The minimum absolute atomic E-state index is 0.275. The molecule has 1 aliphatic rings. The zero-order chi connectivity index (χ0) is 22.6. The molecule has 0 spiro atoms. The molecule has 0 aromatic heterocycles. The first-order valence-corrected chi connectivity index (χ1v) is 10.0. The number of ether oxygens (including phenoxy) is 5.